The van der Waals surface area contributed by atoms with Crippen LogP contribution in [-0.4, -0.2) is 34.9 Å². The molecule has 5 heteroatoms. The number of amides is 1. The number of carbonyl (C=O) groups excluding carboxylic acids is 1. The van der Waals surface area contributed by atoms with Gasteiger partial charge in [0.15, 0.2) is 0 Å². The van der Waals surface area contributed by atoms with E-state index in [1.165, 1.54) is 15.3 Å². The quantitative estimate of drug-likeness (QED) is 0.596. The first-order valence-electron chi connectivity index (χ1n) is 10.5. The topological polar surface area (TPSA) is 45.2 Å². The average molecular weight is 408 g/mol. The van der Waals surface area contributed by atoms with E-state index in [1.807, 2.05) is 42.5 Å². The van der Waals surface area contributed by atoms with Crippen LogP contribution >= 0.6 is 11.3 Å². The van der Waals surface area contributed by atoms with Gasteiger partial charge in [0.1, 0.15) is 0 Å². The van der Waals surface area contributed by atoms with Gasteiger partial charge in [-0.25, -0.2) is 4.98 Å². The van der Waals surface area contributed by atoms with Crippen LogP contribution in [-0.2, 0) is 4.79 Å². The number of piperidine rings is 1. The van der Waals surface area contributed by atoms with Gasteiger partial charge in [-0.1, -0.05) is 44.2 Å². The number of hydrogen-bond acceptors (Lipinski definition) is 4. The van der Waals surface area contributed by atoms with E-state index in [9.17, 15) is 4.79 Å². The zero-order valence-corrected chi connectivity index (χ0v) is 18.2. The third-order valence-corrected chi connectivity index (χ3v) is 7.16. The summed E-state index contributed by atoms with van der Waals surface area (Å²) in [5.74, 6) is 0.962. The molecule has 1 aliphatic heterocycles. The van der Waals surface area contributed by atoms with Gasteiger partial charge in [-0.3, -0.25) is 9.69 Å². The van der Waals surface area contributed by atoms with E-state index in [0.29, 0.717) is 11.8 Å². The van der Waals surface area contributed by atoms with E-state index < -0.39 is 0 Å². The fourth-order valence-electron chi connectivity index (χ4n) is 4.12. The van der Waals surface area contributed by atoms with Crippen molar-refractivity contribution in [1.82, 2.24) is 9.88 Å². The Morgan fingerprint density at radius 2 is 1.76 bits per heavy atom. The molecule has 4 rings (SSSR count). The Labute approximate surface area is 177 Å². The summed E-state index contributed by atoms with van der Waals surface area (Å²) in [5, 5.41) is 4.40. The van der Waals surface area contributed by atoms with Gasteiger partial charge in [0.05, 0.1) is 21.3 Å². The van der Waals surface area contributed by atoms with Crippen LogP contribution in [0.15, 0.2) is 48.5 Å². The van der Waals surface area contributed by atoms with Crippen LogP contribution < -0.4 is 5.32 Å². The van der Waals surface area contributed by atoms with E-state index >= 15 is 0 Å². The van der Waals surface area contributed by atoms with Crippen molar-refractivity contribution >= 4 is 33.1 Å². The van der Waals surface area contributed by atoms with E-state index in [-0.39, 0.29) is 11.9 Å². The second kappa shape index (κ2) is 8.64. The molecule has 4 nitrogen and oxygen atoms in total. The lowest BCUT2D eigenvalue weighted by atomic mass is 9.96. The number of rotatable bonds is 5. The van der Waals surface area contributed by atoms with Crippen LogP contribution in [0, 0.1) is 0 Å². The number of anilines is 1. The Kier molecular flexibility index (Phi) is 5.97. The number of fused-ring (bicyclic) bond motifs is 1. The normalized spacial score (nSPS) is 17.0. The molecule has 1 atom stereocenters. The second-order valence-corrected chi connectivity index (χ2v) is 9.30. The molecular formula is C24H29N3OS. The highest BCUT2D eigenvalue weighted by Gasteiger charge is 2.29. The minimum absolute atomic E-state index is 0.0801. The summed E-state index contributed by atoms with van der Waals surface area (Å²) in [6, 6.07) is 16.3. The molecule has 0 radical (unpaired) electrons. The van der Waals surface area contributed by atoms with E-state index in [2.05, 4.69) is 48.3 Å². The van der Waals surface area contributed by atoms with Crippen molar-refractivity contribution in [2.45, 2.75) is 51.5 Å². The lowest BCUT2D eigenvalue weighted by Crippen LogP contribution is -2.45. The summed E-state index contributed by atoms with van der Waals surface area (Å²) >= 11 is 1.82. The zero-order valence-electron chi connectivity index (χ0n) is 17.4. The SMILES string of the molecule is CC(C)c1ccccc1NC(=O)C(C)N1CCC(c2nc3ccccc3s2)CC1. The van der Waals surface area contributed by atoms with Crippen LogP contribution in [0.3, 0.4) is 0 Å². The molecular weight excluding hydrogens is 378 g/mol. The van der Waals surface area contributed by atoms with Gasteiger partial charge in [-0.15, -0.1) is 11.3 Å². The molecule has 1 saturated heterocycles. The Hall–Kier alpha value is -2.24. The van der Waals surface area contributed by atoms with Crippen LogP contribution in [0.5, 0.6) is 0 Å². The van der Waals surface area contributed by atoms with Crippen LogP contribution in [0.4, 0.5) is 5.69 Å². The monoisotopic (exact) mass is 407 g/mol. The van der Waals surface area contributed by atoms with E-state index in [4.69, 9.17) is 4.98 Å². The summed E-state index contributed by atoms with van der Waals surface area (Å²) < 4.78 is 1.27. The molecule has 29 heavy (non-hydrogen) atoms. The van der Waals surface area contributed by atoms with Crippen molar-refractivity contribution in [2.75, 3.05) is 18.4 Å². The van der Waals surface area contributed by atoms with Crippen molar-refractivity contribution in [1.29, 1.82) is 0 Å². The maximum atomic E-state index is 12.9. The molecule has 3 aromatic rings. The maximum Gasteiger partial charge on any atom is 0.241 e. The molecule has 152 valence electrons. The summed E-state index contributed by atoms with van der Waals surface area (Å²) in [5.41, 5.74) is 3.22. The fraction of sp³-hybridized carbons (Fsp3) is 0.417. The molecule has 1 amide bonds. The zero-order chi connectivity index (χ0) is 20.4. The summed E-state index contributed by atoms with van der Waals surface area (Å²) in [7, 11) is 0. The Morgan fingerprint density at radius 1 is 1.07 bits per heavy atom. The van der Waals surface area contributed by atoms with Gasteiger partial charge in [0.2, 0.25) is 5.91 Å². The average Bonchev–Trinajstić information content (AvgIpc) is 3.18. The highest BCUT2D eigenvalue weighted by Crippen LogP contribution is 2.34. The highest BCUT2D eigenvalue weighted by atomic mass is 32.1. The fourth-order valence-corrected chi connectivity index (χ4v) is 5.25. The predicted octanol–water partition coefficient (Wildman–Crippen LogP) is 5.63. The third-order valence-electron chi connectivity index (χ3n) is 5.96. The Balaban J connectivity index is 1.37. The first-order chi connectivity index (χ1) is 14.0. The molecule has 1 unspecified atom stereocenters. The van der Waals surface area contributed by atoms with Crippen LogP contribution in [0.2, 0.25) is 0 Å². The minimum atomic E-state index is -0.133. The number of nitrogens with zero attached hydrogens (tertiary/aromatic N) is 2. The van der Waals surface area contributed by atoms with Gasteiger partial charge < -0.3 is 5.32 Å². The highest BCUT2D eigenvalue weighted by molar-refractivity contribution is 7.18. The van der Waals surface area contributed by atoms with Crippen LogP contribution in [0.1, 0.15) is 56.0 Å². The standard InChI is InChI=1S/C24H29N3OS/c1-16(2)19-8-4-5-9-20(19)25-23(28)17(3)27-14-12-18(13-15-27)24-26-21-10-6-7-11-22(21)29-24/h4-11,16-18H,12-15H2,1-3H3,(H,25,28). The van der Waals surface area contributed by atoms with Crippen molar-refractivity contribution in [3.63, 3.8) is 0 Å². The summed E-state index contributed by atoms with van der Waals surface area (Å²) in [6.45, 7) is 8.19. The van der Waals surface area contributed by atoms with Crippen molar-refractivity contribution in [3.05, 3.63) is 59.1 Å². The number of thiazole rings is 1. The number of carbonyl (C=O) groups is 1. The Morgan fingerprint density at radius 3 is 2.48 bits per heavy atom. The largest absolute Gasteiger partial charge is 0.324 e. The van der Waals surface area contributed by atoms with E-state index in [1.54, 1.807) is 0 Å². The minimum Gasteiger partial charge on any atom is -0.324 e. The molecule has 1 N–H and O–H groups in total. The van der Waals surface area contributed by atoms with Crippen molar-refractivity contribution in [2.24, 2.45) is 0 Å². The number of benzene rings is 2. The molecule has 1 aliphatic rings. The molecule has 2 heterocycles. The number of nitrogens with one attached hydrogen (secondary N) is 1. The lowest BCUT2D eigenvalue weighted by Gasteiger charge is -2.34. The third kappa shape index (κ3) is 4.36. The first-order valence-corrected chi connectivity index (χ1v) is 11.3. The van der Waals surface area contributed by atoms with Gasteiger partial charge in [0.25, 0.3) is 0 Å². The van der Waals surface area contributed by atoms with Crippen molar-refractivity contribution < 1.29 is 4.79 Å². The van der Waals surface area contributed by atoms with Gasteiger partial charge in [0, 0.05) is 11.6 Å². The van der Waals surface area contributed by atoms with Gasteiger partial charge >= 0.3 is 0 Å². The van der Waals surface area contributed by atoms with E-state index in [0.717, 1.165) is 37.1 Å². The molecule has 0 aliphatic carbocycles. The molecule has 1 fully saturated rings. The number of para-hydroxylation sites is 2. The second-order valence-electron chi connectivity index (χ2n) is 8.24. The molecule has 0 spiro atoms. The molecule has 0 saturated carbocycles. The van der Waals surface area contributed by atoms with Crippen molar-refractivity contribution in [3.8, 4) is 0 Å². The van der Waals surface area contributed by atoms with Crippen LogP contribution in [0.25, 0.3) is 10.2 Å². The maximum absolute atomic E-state index is 12.9. The number of aromatic nitrogens is 1. The predicted molar refractivity (Wildman–Crippen MR) is 122 cm³/mol. The first kappa shape index (κ1) is 20.0. The molecule has 0 bridgehead atoms. The molecule has 2 aromatic carbocycles. The Bertz CT molecular complexity index is 955. The van der Waals surface area contributed by atoms with Gasteiger partial charge in [-0.05, 0) is 62.5 Å². The number of hydrogen-bond donors (Lipinski definition) is 1. The summed E-state index contributed by atoms with van der Waals surface area (Å²) in [4.78, 5) is 20.0. The smallest absolute Gasteiger partial charge is 0.241 e. The number of likely N-dealkylation sites (tertiary alicyclic amines) is 1. The lowest BCUT2D eigenvalue weighted by molar-refractivity contribution is -0.121. The molecule has 1 aromatic heterocycles. The summed E-state index contributed by atoms with van der Waals surface area (Å²) in [6.07, 6.45) is 2.11. The van der Waals surface area contributed by atoms with Gasteiger partial charge in [-0.2, -0.15) is 0 Å².